The third-order valence-corrected chi connectivity index (χ3v) is 8.09. The Bertz CT molecular complexity index is 1290. The van der Waals surface area contributed by atoms with Crippen molar-refractivity contribution in [2.75, 3.05) is 22.9 Å². The first-order valence-electron chi connectivity index (χ1n) is 11.6. The molecule has 1 spiro atoms. The number of likely N-dealkylation sites (N-methyl/N-ethyl adjacent to an activating group) is 1. The zero-order chi connectivity index (χ0) is 23.9. The van der Waals surface area contributed by atoms with Crippen LogP contribution in [-0.2, 0) is 19.9 Å². The average Bonchev–Trinajstić information content (AvgIpc) is 3.52. The van der Waals surface area contributed by atoms with E-state index in [2.05, 4.69) is 4.90 Å². The van der Waals surface area contributed by atoms with Crippen LogP contribution in [0.25, 0.3) is 0 Å². The number of nitro groups is 1. The number of para-hydroxylation sites is 1. The molecule has 0 bridgehead atoms. The number of carbonyl (C=O) groups is 3. The zero-order valence-corrected chi connectivity index (χ0v) is 18.9. The van der Waals surface area contributed by atoms with Gasteiger partial charge in [0.15, 0.2) is 0 Å². The lowest BCUT2D eigenvalue weighted by Crippen LogP contribution is -2.56. The predicted octanol–water partition coefficient (Wildman–Crippen LogP) is 2.75. The number of anilines is 2. The highest BCUT2D eigenvalue weighted by Gasteiger charge is 2.75. The highest BCUT2D eigenvalue weighted by molar-refractivity contribution is 6.26. The van der Waals surface area contributed by atoms with Crippen molar-refractivity contribution in [1.29, 1.82) is 0 Å². The van der Waals surface area contributed by atoms with Crippen LogP contribution in [0.5, 0.6) is 0 Å². The summed E-state index contributed by atoms with van der Waals surface area (Å²) in [4.78, 5) is 57.8. The van der Waals surface area contributed by atoms with Crippen LogP contribution >= 0.6 is 0 Å². The second-order valence-electron chi connectivity index (χ2n) is 9.48. The van der Waals surface area contributed by atoms with Crippen LogP contribution in [0.15, 0.2) is 42.5 Å². The summed E-state index contributed by atoms with van der Waals surface area (Å²) in [5.74, 6) is -2.31. The molecule has 0 aliphatic carbocycles. The van der Waals surface area contributed by atoms with Crippen LogP contribution in [0, 0.1) is 28.9 Å². The quantitative estimate of drug-likeness (QED) is 0.396. The van der Waals surface area contributed by atoms with Crippen LogP contribution in [0.3, 0.4) is 0 Å². The second kappa shape index (κ2) is 6.96. The molecule has 4 aliphatic heterocycles. The maximum absolute atomic E-state index is 14.1. The summed E-state index contributed by atoms with van der Waals surface area (Å²) in [6.45, 7) is 4.70. The zero-order valence-electron chi connectivity index (χ0n) is 18.9. The molecule has 3 amide bonds. The fraction of sp³-hybridized carbons (Fsp3) is 0.400. The van der Waals surface area contributed by atoms with E-state index in [9.17, 15) is 24.5 Å². The molecule has 3 fully saturated rings. The number of aryl methyl sites for hydroxylation is 1. The highest BCUT2D eigenvalue weighted by atomic mass is 16.6. The van der Waals surface area contributed by atoms with Crippen LogP contribution in [0.4, 0.5) is 17.1 Å². The van der Waals surface area contributed by atoms with Gasteiger partial charge in [-0.3, -0.25) is 29.4 Å². The van der Waals surface area contributed by atoms with E-state index in [-0.39, 0.29) is 23.5 Å². The molecule has 9 heteroatoms. The lowest BCUT2D eigenvalue weighted by atomic mass is 9.75. The smallest absolute Gasteiger partial charge is 0.269 e. The highest BCUT2D eigenvalue weighted by Crippen LogP contribution is 2.61. The minimum Gasteiger partial charge on any atom is -0.310 e. The largest absolute Gasteiger partial charge is 0.310 e. The molecule has 2 aromatic carbocycles. The fourth-order valence-electron chi connectivity index (χ4n) is 6.90. The Hall–Kier alpha value is -3.59. The first kappa shape index (κ1) is 21.0. The monoisotopic (exact) mass is 460 g/mol. The molecule has 0 saturated carbocycles. The maximum Gasteiger partial charge on any atom is 0.269 e. The van der Waals surface area contributed by atoms with Crippen molar-refractivity contribution in [3.8, 4) is 0 Å². The molecule has 2 aromatic rings. The van der Waals surface area contributed by atoms with E-state index in [4.69, 9.17) is 0 Å². The van der Waals surface area contributed by atoms with Crippen molar-refractivity contribution in [1.82, 2.24) is 4.90 Å². The van der Waals surface area contributed by atoms with Gasteiger partial charge in [-0.2, -0.15) is 0 Å². The van der Waals surface area contributed by atoms with Gasteiger partial charge in [-0.1, -0.05) is 18.2 Å². The molecule has 0 radical (unpaired) electrons. The minimum atomic E-state index is -1.20. The van der Waals surface area contributed by atoms with E-state index in [1.165, 1.54) is 23.1 Å². The van der Waals surface area contributed by atoms with Crippen LogP contribution in [-0.4, -0.2) is 46.7 Å². The molecule has 0 N–H and O–H groups in total. The Morgan fingerprint density at radius 2 is 1.85 bits per heavy atom. The number of fused-ring (bicyclic) bond motifs is 7. The molecule has 9 nitrogen and oxygen atoms in total. The van der Waals surface area contributed by atoms with Gasteiger partial charge in [-0.25, -0.2) is 4.90 Å². The lowest BCUT2D eigenvalue weighted by molar-refractivity contribution is -0.384. The van der Waals surface area contributed by atoms with Crippen molar-refractivity contribution >= 4 is 34.8 Å². The van der Waals surface area contributed by atoms with E-state index in [0.717, 1.165) is 24.1 Å². The lowest BCUT2D eigenvalue weighted by Gasteiger charge is -2.37. The third kappa shape index (κ3) is 2.30. The maximum atomic E-state index is 14.1. The van der Waals surface area contributed by atoms with Gasteiger partial charge in [0.1, 0.15) is 5.54 Å². The molecular weight excluding hydrogens is 436 g/mol. The number of hydrogen-bond donors (Lipinski definition) is 0. The number of benzene rings is 2. The van der Waals surface area contributed by atoms with Crippen molar-refractivity contribution < 1.29 is 19.3 Å². The molecule has 0 aromatic heterocycles. The summed E-state index contributed by atoms with van der Waals surface area (Å²) < 4.78 is 0. The summed E-state index contributed by atoms with van der Waals surface area (Å²) in [7, 11) is 0. The topological polar surface area (TPSA) is 104 Å². The average molecular weight is 460 g/mol. The number of non-ortho nitro benzene ring substituents is 1. The summed E-state index contributed by atoms with van der Waals surface area (Å²) >= 11 is 0. The van der Waals surface area contributed by atoms with Gasteiger partial charge in [0.05, 0.1) is 22.4 Å². The number of amides is 3. The predicted molar refractivity (Wildman–Crippen MR) is 123 cm³/mol. The normalized spacial score (nSPS) is 29.8. The molecule has 6 rings (SSSR count). The van der Waals surface area contributed by atoms with E-state index in [0.29, 0.717) is 24.3 Å². The Morgan fingerprint density at radius 1 is 1.09 bits per heavy atom. The molecule has 4 unspecified atom stereocenters. The summed E-state index contributed by atoms with van der Waals surface area (Å²) in [5, 5.41) is 11.2. The summed E-state index contributed by atoms with van der Waals surface area (Å²) in [6, 6.07) is 11.5. The van der Waals surface area contributed by atoms with Crippen LogP contribution in [0.1, 0.15) is 30.9 Å². The van der Waals surface area contributed by atoms with Gasteiger partial charge in [0.25, 0.3) is 11.6 Å². The summed E-state index contributed by atoms with van der Waals surface area (Å²) in [5.41, 5.74) is 1.12. The Kier molecular flexibility index (Phi) is 4.29. The Morgan fingerprint density at radius 3 is 2.56 bits per heavy atom. The van der Waals surface area contributed by atoms with Crippen LogP contribution < -0.4 is 9.80 Å². The number of nitrogens with zero attached hydrogens (tertiary/aromatic N) is 4. The number of carbonyl (C=O) groups excluding carboxylic acids is 3. The molecule has 3 saturated heterocycles. The number of rotatable bonds is 3. The standard InChI is InChI=1S/C25H24N4O5/c1-3-26-18-8-5-4-7-16(18)25(24(26)32)21-20(19-9-6-12-27(19)25)22(30)28(23(21)31)17-11-10-15(29(33)34)13-14(17)2/h4-5,7-8,10-11,13,19-21H,3,6,9,12H2,1-2H3. The second-order valence-corrected chi connectivity index (χ2v) is 9.48. The number of imide groups is 1. The van der Waals surface area contributed by atoms with Gasteiger partial charge in [-0.05, 0) is 50.9 Å². The molecule has 4 atom stereocenters. The van der Waals surface area contributed by atoms with Crippen molar-refractivity contribution in [3.05, 3.63) is 63.7 Å². The van der Waals surface area contributed by atoms with Crippen LogP contribution in [0.2, 0.25) is 0 Å². The van der Waals surface area contributed by atoms with E-state index < -0.39 is 28.2 Å². The molecule has 4 aliphatic rings. The van der Waals surface area contributed by atoms with Gasteiger partial charge < -0.3 is 4.90 Å². The van der Waals surface area contributed by atoms with E-state index in [1.807, 2.05) is 31.2 Å². The van der Waals surface area contributed by atoms with Crippen molar-refractivity contribution in [2.45, 2.75) is 38.3 Å². The SMILES string of the molecule is CCN1C(=O)C2(c3ccccc31)C1C(=O)N(c3ccc([N+](=O)[O-])cc3C)C(=O)C1C1CCCN12. The molecular formula is C25H24N4O5. The first-order chi connectivity index (χ1) is 16.3. The molecule has 174 valence electrons. The third-order valence-electron chi connectivity index (χ3n) is 8.09. The number of nitro benzene ring substituents is 1. The fourth-order valence-corrected chi connectivity index (χ4v) is 6.90. The molecule has 4 heterocycles. The number of hydrogen-bond acceptors (Lipinski definition) is 6. The van der Waals surface area contributed by atoms with E-state index >= 15 is 0 Å². The van der Waals surface area contributed by atoms with Crippen molar-refractivity contribution in [2.24, 2.45) is 11.8 Å². The van der Waals surface area contributed by atoms with E-state index in [1.54, 1.807) is 11.8 Å². The Balaban J connectivity index is 1.54. The summed E-state index contributed by atoms with van der Waals surface area (Å²) in [6.07, 6.45) is 1.60. The molecule has 34 heavy (non-hydrogen) atoms. The van der Waals surface area contributed by atoms with Gasteiger partial charge >= 0.3 is 0 Å². The van der Waals surface area contributed by atoms with Gasteiger partial charge in [0, 0.05) is 36.0 Å². The minimum absolute atomic E-state index is 0.0996. The first-order valence-corrected chi connectivity index (χ1v) is 11.6. The van der Waals surface area contributed by atoms with Crippen molar-refractivity contribution in [3.63, 3.8) is 0 Å². The van der Waals surface area contributed by atoms with Gasteiger partial charge in [0.2, 0.25) is 11.8 Å². The Labute approximate surface area is 196 Å². The van der Waals surface area contributed by atoms with Gasteiger partial charge in [-0.15, -0.1) is 0 Å².